The fraction of sp³-hybridized carbons (Fsp3) is 0.435. The summed E-state index contributed by atoms with van der Waals surface area (Å²) in [6.07, 6.45) is 0.761. The quantitative estimate of drug-likeness (QED) is 0.752. The van der Waals surface area contributed by atoms with Gasteiger partial charge >= 0.3 is 6.09 Å². The van der Waals surface area contributed by atoms with E-state index in [-0.39, 0.29) is 6.09 Å². The highest BCUT2D eigenvalue weighted by Crippen LogP contribution is 2.24. The van der Waals surface area contributed by atoms with Gasteiger partial charge in [-0.25, -0.2) is 4.79 Å². The first-order valence-corrected chi connectivity index (χ1v) is 9.85. The Bertz CT molecular complexity index is 748. The molecule has 0 unspecified atom stereocenters. The average molecular weight is 383 g/mol. The Labute approximate surface area is 167 Å². The third kappa shape index (κ3) is 5.26. The molecule has 0 aromatic heterocycles. The molecule has 2 aromatic rings. The summed E-state index contributed by atoms with van der Waals surface area (Å²) in [4.78, 5) is 16.7. The van der Waals surface area contributed by atoms with Gasteiger partial charge in [-0.15, -0.1) is 0 Å². The Balaban J connectivity index is 1.55. The summed E-state index contributed by atoms with van der Waals surface area (Å²) in [5.74, 6) is 1.39. The van der Waals surface area contributed by atoms with Crippen LogP contribution in [0, 0.1) is 5.92 Å². The van der Waals surface area contributed by atoms with E-state index in [0.717, 1.165) is 30.8 Å². The van der Waals surface area contributed by atoms with E-state index in [2.05, 4.69) is 31.0 Å². The van der Waals surface area contributed by atoms with Gasteiger partial charge in [-0.2, -0.15) is 0 Å². The van der Waals surface area contributed by atoms with Crippen LogP contribution in [0.15, 0.2) is 54.6 Å². The number of ether oxygens (including phenoxy) is 2. The topological polar surface area (TPSA) is 42.0 Å². The van der Waals surface area contributed by atoms with E-state index >= 15 is 0 Å². The molecule has 150 valence electrons. The lowest BCUT2D eigenvalue weighted by atomic mass is 9.92. The average Bonchev–Trinajstić information content (AvgIpc) is 2.73. The van der Waals surface area contributed by atoms with Gasteiger partial charge in [-0.1, -0.05) is 49.4 Å². The summed E-state index contributed by atoms with van der Waals surface area (Å²) in [5.41, 5.74) is 2.24. The Morgan fingerprint density at radius 3 is 2.50 bits per heavy atom. The Hall–Kier alpha value is -2.53. The van der Waals surface area contributed by atoms with Gasteiger partial charge in [-0.3, -0.25) is 4.90 Å². The molecule has 2 aromatic carbocycles. The first-order valence-electron chi connectivity index (χ1n) is 9.85. The highest BCUT2D eigenvalue weighted by molar-refractivity contribution is 5.67. The lowest BCUT2D eigenvalue weighted by molar-refractivity contribution is 0.0464. The number of hydrogen-bond acceptors (Lipinski definition) is 4. The molecule has 3 rings (SSSR count). The maximum Gasteiger partial charge on any atom is 0.410 e. The maximum atomic E-state index is 12.5. The second-order valence-electron chi connectivity index (χ2n) is 7.58. The SMILES string of the molecule is COc1ccc(CN(C)[C@H]2CN(C(=O)OCc3ccccc3)CC[C@H]2C)cc1. The second-order valence-corrected chi connectivity index (χ2v) is 7.58. The highest BCUT2D eigenvalue weighted by Gasteiger charge is 2.32. The van der Waals surface area contributed by atoms with Gasteiger partial charge < -0.3 is 14.4 Å². The Morgan fingerprint density at radius 2 is 1.82 bits per heavy atom. The monoisotopic (exact) mass is 382 g/mol. The highest BCUT2D eigenvalue weighted by atomic mass is 16.6. The number of carbonyl (C=O) groups excluding carboxylic acids is 1. The van der Waals surface area contributed by atoms with Gasteiger partial charge in [0.05, 0.1) is 7.11 Å². The van der Waals surface area contributed by atoms with Crippen molar-refractivity contribution in [3.8, 4) is 5.75 Å². The van der Waals surface area contributed by atoms with E-state index in [0.29, 0.717) is 25.1 Å². The zero-order valence-corrected chi connectivity index (χ0v) is 17.0. The molecule has 28 heavy (non-hydrogen) atoms. The van der Waals surface area contributed by atoms with Crippen LogP contribution in [0.25, 0.3) is 0 Å². The number of nitrogens with zero attached hydrogens (tertiary/aromatic N) is 2. The van der Waals surface area contributed by atoms with E-state index < -0.39 is 0 Å². The molecule has 1 heterocycles. The molecule has 1 aliphatic heterocycles. The molecule has 0 bridgehead atoms. The van der Waals surface area contributed by atoms with Gasteiger partial charge in [0.25, 0.3) is 0 Å². The van der Waals surface area contributed by atoms with Gasteiger partial charge in [-0.05, 0) is 42.6 Å². The minimum absolute atomic E-state index is 0.224. The predicted octanol–water partition coefficient (Wildman–Crippen LogP) is 4.17. The minimum Gasteiger partial charge on any atom is -0.497 e. The summed E-state index contributed by atoms with van der Waals surface area (Å²) in [6.45, 7) is 4.87. The van der Waals surface area contributed by atoms with Crippen LogP contribution in [0.5, 0.6) is 5.75 Å². The van der Waals surface area contributed by atoms with Crippen molar-refractivity contribution in [1.29, 1.82) is 0 Å². The van der Waals surface area contributed by atoms with Gasteiger partial charge in [0.2, 0.25) is 0 Å². The predicted molar refractivity (Wildman–Crippen MR) is 110 cm³/mol. The number of piperidine rings is 1. The van der Waals surface area contributed by atoms with Crippen molar-refractivity contribution in [2.75, 3.05) is 27.2 Å². The molecular formula is C23H30N2O3. The van der Waals surface area contributed by atoms with Crippen LogP contribution >= 0.6 is 0 Å². The van der Waals surface area contributed by atoms with Crippen molar-refractivity contribution in [3.63, 3.8) is 0 Å². The number of hydrogen-bond donors (Lipinski definition) is 0. The van der Waals surface area contributed by atoms with Crippen LogP contribution in [0.3, 0.4) is 0 Å². The third-order valence-corrected chi connectivity index (χ3v) is 5.54. The number of rotatable bonds is 6. The molecule has 0 radical (unpaired) electrons. The molecule has 0 aliphatic carbocycles. The number of amides is 1. The molecule has 5 nitrogen and oxygen atoms in total. The maximum absolute atomic E-state index is 12.5. The zero-order valence-electron chi connectivity index (χ0n) is 17.0. The van der Waals surface area contributed by atoms with E-state index in [1.165, 1.54) is 5.56 Å². The summed E-state index contributed by atoms with van der Waals surface area (Å²) in [6, 6.07) is 18.3. The Kier molecular flexibility index (Phi) is 6.93. The first-order chi connectivity index (χ1) is 13.6. The van der Waals surface area contributed by atoms with Crippen molar-refractivity contribution in [3.05, 3.63) is 65.7 Å². The van der Waals surface area contributed by atoms with Gasteiger partial charge in [0.1, 0.15) is 12.4 Å². The van der Waals surface area contributed by atoms with Crippen LogP contribution in [-0.4, -0.2) is 49.2 Å². The summed E-state index contributed by atoms with van der Waals surface area (Å²) < 4.78 is 10.8. The molecule has 2 atom stereocenters. The minimum atomic E-state index is -0.224. The fourth-order valence-electron chi connectivity index (χ4n) is 3.74. The molecule has 0 N–H and O–H groups in total. The third-order valence-electron chi connectivity index (χ3n) is 5.54. The smallest absolute Gasteiger partial charge is 0.410 e. The van der Waals surface area contributed by atoms with Crippen LogP contribution in [0.2, 0.25) is 0 Å². The van der Waals surface area contributed by atoms with E-state index in [9.17, 15) is 4.79 Å². The number of carbonyl (C=O) groups is 1. The van der Waals surface area contributed by atoms with E-state index in [1.807, 2.05) is 47.4 Å². The van der Waals surface area contributed by atoms with E-state index in [1.54, 1.807) is 7.11 Å². The van der Waals surface area contributed by atoms with Crippen LogP contribution in [0.1, 0.15) is 24.5 Å². The summed E-state index contributed by atoms with van der Waals surface area (Å²) in [5, 5.41) is 0. The number of benzene rings is 2. The van der Waals surface area contributed by atoms with Crippen molar-refractivity contribution in [2.24, 2.45) is 5.92 Å². The molecule has 1 amide bonds. The fourth-order valence-corrected chi connectivity index (χ4v) is 3.74. The van der Waals surface area contributed by atoms with Gasteiger partial charge in [0, 0.05) is 25.7 Å². The standard InChI is InChI=1S/C23H30N2O3/c1-18-13-14-25(23(26)28-17-20-7-5-4-6-8-20)16-22(18)24(2)15-19-9-11-21(27-3)12-10-19/h4-12,18,22H,13-17H2,1-3H3/t18-,22+/m1/s1. The van der Waals surface area contributed by atoms with Crippen molar-refractivity contribution in [1.82, 2.24) is 9.80 Å². The normalized spacial score (nSPS) is 19.5. The number of likely N-dealkylation sites (N-methyl/N-ethyl adjacent to an activating group) is 1. The summed E-state index contributed by atoms with van der Waals surface area (Å²) >= 11 is 0. The molecule has 0 spiro atoms. The van der Waals surface area contributed by atoms with Crippen molar-refractivity contribution >= 4 is 6.09 Å². The molecule has 5 heteroatoms. The summed E-state index contributed by atoms with van der Waals surface area (Å²) in [7, 11) is 3.81. The van der Waals surface area contributed by atoms with Crippen molar-refractivity contribution in [2.45, 2.75) is 32.5 Å². The lowest BCUT2D eigenvalue weighted by Gasteiger charge is -2.41. The molecule has 1 aliphatic rings. The first kappa shape index (κ1) is 20.2. The van der Waals surface area contributed by atoms with Crippen LogP contribution < -0.4 is 4.74 Å². The van der Waals surface area contributed by atoms with Gasteiger partial charge in [0.15, 0.2) is 0 Å². The molecule has 1 saturated heterocycles. The second kappa shape index (κ2) is 9.60. The molecule has 1 fully saturated rings. The van der Waals surface area contributed by atoms with Crippen LogP contribution in [0.4, 0.5) is 4.79 Å². The largest absolute Gasteiger partial charge is 0.497 e. The molecule has 0 saturated carbocycles. The lowest BCUT2D eigenvalue weighted by Crippen LogP contribution is -2.52. The number of methoxy groups -OCH3 is 1. The molecular weight excluding hydrogens is 352 g/mol. The number of likely N-dealkylation sites (tertiary alicyclic amines) is 1. The zero-order chi connectivity index (χ0) is 19.9. The van der Waals surface area contributed by atoms with Crippen LogP contribution in [-0.2, 0) is 17.9 Å². The Morgan fingerprint density at radius 1 is 1.11 bits per heavy atom. The van der Waals surface area contributed by atoms with E-state index in [4.69, 9.17) is 9.47 Å². The van der Waals surface area contributed by atoms with Crippen molar-refractivity contribution < 1.29 is 14.3 Å².